The minimum atomic E-state index is -0.899. The molecule has 0 spiro atoms. The second-order valence-corrected chi connectivity index (χ2v) is 5.93. The highest BCUT2D eigenvalue weighted by Gasteiger charge is 2.46. The lowest BCUT2D eigenvalue weighted by Gasteiger charge is -2.45. The van der Waals surface area contributed by atoms with Crippen LogP contribution in [-0.2, 0) is 9.59 Å². The average molecular weight is 264 g/mol. The fourth-order valence-electron chi connectivity index (χ4n) is 3.36. The Morgan fingerprint density at radius 3 is 2.74 bits per heavy atom. The summed E-state index contributed by atoms with van der Waals surface area (Å²) in [6.45, 7) is 5.34. The van der Waals surface area contributed by atoms with E-state index in [0.717, 1.165) is 6.42 Å². The third-order valence-corrected chi connectivity index (χ3v) is 4.72. The number of aliphatic hydroxyl groups excluding tert-OH is 1. The van der Waals surface area contributed by atoms with E-state index in [4.69, 9.17) is 5.11 Å². The summed E-state index contributed by atoms with van der Waals surface area (Å²) in [5.41, 5.74) is 0.968. The van der Waals surface area contributed by atoms with Crippen LogP contribution in [0, 0.1) is 17.3 Å². The zero-order valence-electron chi connectivity index (χ0n) is 11.5. The van der Waals surface area contributed by atoms with E-state index in [1.807, 2.05) is 13.0 Å². The molecule has 0 heterocycles. The molecular formula is C15H20O4. The number of aliphatic hydroxyl groups is 1. The van der Waals surface area contributed by atoms with Crippen molar-refractivity contribution in [3.05, 3.63) is 23.3 Å². The Morgan fingerprint density at radius 2 is 2.16 bits per heavy atom. The van der Waals surface area contributed by atoms with Crippen LogP contribution in [0.2, 0.25) is 0 Å². The molecule has 4 nitrogen and oxygen atoms in total. The van der Waals surface area contributed by atoms with Crippen molar-refractivity contribution in [2.24, 2.45) is 17.3 Å². The predicted octanol–water partition coefficient (Wildman–Crippen LogP) is 1.94. The zero-order valence-corrected chi connectivity index (χ0v) is 11.5. The van der Waals surface area contributed by atoms with Gasteiger partial charge in [0.1, 0.15) is 0 Å². The van der Waals surface area contributed by atoms with Gasteiger partial charge in [0.25, 0.3) is 0 Å². The second kappa shape index (κ2) is 4.60. The Morgan fingerprint density at radius 1 is 1.53 bits per heavy atom. The van der Waals surface area contributed by atoms with Gasteiger partial charge < -0.3 is 10.2 Å². The van der Waals surface area contributed by atoms with Crippen LogP contribution >= 0.6 is 0 Å². The van der Waals surface area contributed by atoms with Gasteiger partial charge in [-0.15, -0.1) is 0 Å². The van der Waals surface area contributed by atoms with E-state index in [-0.39, 0.29) is 17.1 Å². The number of fused-ring (bicyclic) bond motifs is 1. The standard InChI is InChI=1S/C15H20O4/c1-8(14(18)19)10-4-6-15(3)7-5-11(16)9(2)12(15)13(10)17/h5,7-8,10,13,17H,4,6H2,1-3H3,(H,18,19)/t8-,10+,13+,15+/m1/s1. The molecule has 19 heavy (non-hydrogen) atoms. The quantitative estimate of drug-likeness (QED) is 0.799. The van der Waals surface area contributed by atoms with E-state index in [1.54, 1.807) is 19.9 Å². The number of ketones is 1. The van der Waals surface area contributed by atoms with Crippen LogP contribution in [0.5, 0.6) is 0 Å². The number of aliphatic carboxylic acids is 1. The van der Waals surface area contributed by atoms with Crippen LogP contribution in [0.1, 0.15) is 33.6 Å². The molecule has 2 rings (SSSR count). The van der Waals surface area contributed by atoms with Crippen molar-refractivity contribution in [3.63, 3.8) is 0 Å². The van der Waals surface area contributed by atoms with Crippen LogP contribution in [0.4, 0.5) is 0 Å². The van der Waals surface area contributed by atoms with Gasteiger partial charge in [-0.3, -0.25) is 9.59 Å². The molecule has 2 aliphatic rings. The van der Waals surface area contributed by atoms with Gasteiger partial charge in [-0.2, -0.15) is 0 Å². The van der Waals surface area contributed by atoms with Crippen LogP contribution in [0.3, 0.4) is 0 Å². The van der Waals surface area contributed by atoms with E-state index >= 15 is 0 Å². The molecule has 0 saturated heterocycles. The molecule has 1 saturated carbocycles. The van der Waals surface area contributed by atoms with E-state index in [0.29, 0.717) is 17.6 Å². The third-order valence-electron chi connectivity index (χ3n) is 4.72. The molecule has 0 aromatic rings. The van der Waals surface area contributed by atoms with Crippen molar-refractivity contribution in [2.75, 3.05) is 0 Å². The Kier molecular flexibility index (Phi) is 3.39. The van der Waals surface area contributed by atoms with Crippen LogP contribution in [-0.4, -0.2) is 28.1 Å². The SMILES string of the molecule is CC1=C2[C@@H](O)[C@H]([C@@H](C)C(=O)O)CC[C@@]2(C)C=CC1=O. The lowest BCUT2D eigenvalue weighted by Crippen LogP contribution is -2.44. The van der Waals surface area contributed by atoms with Crippen LogP contribution < -0.4 is 0 Å². The first-order chi connectivity index (χ1) is 8.78. The van der Waals surface area contributed by atoms with Crippen molar-refractivity contribution < 1.29 is 19.8 Å². The molecule has 4 atom stereocenters. The van der Waals surface area contributed by atoms with Crippen molar-refractivity contribution in [1.29, 1.82) is 0 Å². The summed E-state index contributed by atoms with van der Waals surface area (Å²) in [7, 11) is 0. The molecular weight excluding hydrogens is 244 g/mol. The molecule has 0 aliphatic heterocycles. The first-order valence-corrected chi connectivity index (χ1v) is 6.63. The van der Waals surface area contributed by atoms with Gasteiger partial charge in [-0.05, 0) is 37.0 Å². The first-order valence-electron chi connectivity index (χ1n) is 6.63. The van der Waals surface area contributed by atoms with E-state index in [2.05, 4.69) is 0 Å². The minimum absolute atomic E-state index is 0.0878. The Balaban J connectivity index is 2.41. The molecule has 2 N–H and O–H groups in total. The molecule has 0 aromatic heterocycles. The summed E-state index contributed by atoms with van der Waals surface area (Å²) in [6, 6.07) is 0. The highest BCUT2D eigenvalue weighted by Crippen LogP contribution is 2.49. The number of carbonyl (C=O) groups excluding carboxylic acids is 1. The van der Waals surface area contributed by atoms with Gasteiger partial charge in [-0.25, -0.2) is 0 Å². The average Bonchev–Trinajstić information content (AvgIpc) is 2.34. The maximum Gasteiger partial charge on any atom is 0.306 e. The fraction of sp³-hybridized carbons (Fsp3) is 0.600. The summed E-state index contributed by atoms with van der Waals surface area (Å²) in [4.78, 5) is 22.9. The third kappa shape index (κ3) is 2.14. The maximum absolute atomic E-state index is 11.8. The normalized spacial score (nSPS) is 36.1. The number of hydrogen-bond donors (Lipinski definition) is 2. The highest BCUT2D eigenvalue weighted by atomic mass is 16.4. The largest absolute Gasteiger partial charge is 0.481 e. The Bertz CT molecular complexity index is 488. The maximum atomic E-state index is 11.8. The van der Waals surface area contributed by atoms with Crippen LogP contribution in [0.15, 0.2) is 23.3 Å². The van der Waals surface area contributed by atoms with Crippen molar-refractivity contribution in [2.45, 2.75) is 39.7 Å². The lowest BCUT2D eigenvalue weighted by atomic mass is 9.61. The first kappa shape index (κ1) is 14.0. The van der Waals surface area contributed by atoms with Gasteiger partial charge in [0.2, 0.25) is 0 Å². The summed E-state index contributed by atoms with van der Waals surface area (Å²) in [5.74, 6) is -1.92. The van der Waals surface area contributed by atoms with E-state index < -0.39 is 18.0 Å². The monoisotopic (exact) mass is 264 g/mol. The topological polar surface area (TPSA) is 74.6 Å². The number of carboxylic acid groups (broad SMARTS) is 1. The van der Waals surface area contributed by atoms with Gasteiger partial charge in [-0.1, -0.05) is 19.9 Å². The van der Waals surface area contributed by atoms with E-state index in [9.17, 15) is 14.7 Å². The van der Waals surface area contributed by atoms with Gasteiger partial charge in [0.15, 0.2) is 5.78 Å². The zero-order chi connectivity index (χ0) is 14.4. The number of hydrogen-bond acceptors (Lipinski definition) is 3. The summed E-state index contributed by atoms with van der Waals surface area (Å²) in [5, 5.41) is 19.7. The molecule has 4 heteroatoms. The van der Waals surface area contributed by atoms with Crippen molar-refractivity contribution >= 4 is 11.8 Å². The lowest BCUT2D eigenvalue weighted by molar-refractivity contribution is -0.145. The molecule has 1 fully saturated rings. The molecule has 104 valence electrons. The van der Waals surface area contributed by atoms with Crippen molar-refractivity contribution in [3.8, 4) is 0 Å². The van der Waals surface area contributed by atoms with Gasteiger partial charge >= 0.3 is 5.97 Å². The Labute approximate surface area is 112 Å². The molecule has 0 radical (unpaired) electrons. The molecule has 0 bridgehead atoms. The van der Waals surface area contributed by atoms with Gasteiger partial charge in [0, 0.05) is 11.3 Å². The molecule has 2 aliphatic carbocycles. The smallest absolute Gasteiger partial charge is 0.306 e. The Hall–Kier alpha value is -1.42. The highest BCUT2D eigenvalue weighted by molar-refractivity contribution is 6.05. The van der Waals surface area contributed by atoms with Crippen molar-refractivity contribution in [1.82, 2.24) is 0 Å². The second-order valence-electron chi connectivity index (χ2n) is 5.93. The fourth-order valence-corrected chi connectivity index (χ4v) is 3.36. The summed E-state index contributed by atoms with van der Waals surface area (Å²) >= 11 is 0. The number of allylic oxidation sites excluding steroid dienone is 3. The predicted molar refractivity (Wildman–Crippen MR) is 70.5 cm³/mol. The van der Waals surface area contributed by atoms with Gasteiger partial charge in [0.05, 0.1) is 12.0 Å². The number of rotatable bonds is 2. The summed E-state index contributed by atoms with van der Waals surface area (Å²) in [6.07, 6.45) is 3.98. The molecule has 0 unspecified atom stereocenters. The van der Waals surface area contributed by atoms with Crippen LogP contribution in [0.25, 0.3) is 0 Å². The van der Waals surface area contributed by atoms with E-state index in [1.165, 1.54) is 0 Å². The minimum Gasteiger partial charge on any atom is -0.481 e. The number of carboxylic acids is 1. The summed E-state index contributed by atoms with van der Waals surface area (Å²) < 4.78 is 0. The molecule has 0 amide bonds. The number of carbonyl (C=O) groups is 2. The molecule has 0 aromatic carbocycles.